The molecular formula is C16H13N5O2. The highest BCUT2D eigenvalue weighted by molar-refractivity contribution is 6.04. The molecule has 0 spiro atoms. The molecule has 7 nitrogen and oxygen atoms in total. The Morgan fingerprint density at radius 2 is 2.17 bits per heavy atom. The smallest absolute Gasteiger partial charge is 0.278 e. The van der Waals surface area contributed by atoms with E-state index in [0.717, 1.165) is 29.6 Å². The van der Waals surface area contributed by atoms with Crippen molar-refractivity contribution >= 4 is 21.9 Å². The molecule has 0 unspecified atom stereocenters. The highest BCUT2D eigenvalue weighted by Gasteiger charge is 2.28. The zero-order chi connectivity index (χ0) is 15.4. The Bertz CT molecular complexity index is 1090. The van der Waals surface area contributed by atoms with Crippen molar-refractivity contribution in [1.29, 1.82) is 0 Å². The summed E-state index contributed by atoms with van der Waals surface area (Å²) >= 11 is 0. The average molecular weight is 307 g/mol. The second kappa shape index (κ2) is 4.52. The number of hydrogen-bond acceptors (Lipinski definition) is 5. The van der Waals surface area contributed by atoms with Crippen LogP contribution in [0.5, 0.6) is 0 Å². The monoisotopic (exact) mass is 307 g/mol. The molecule has 23 heavy (non-hydrogen) atoms. The van der Waals surface area contributed by atoms with Crippen molar-refractivity contribution in [3.63, 3.8) is 0 Å². The summed E-state index contributed by atoms with van der Waals surface area (Å²) in [5, 5.41) is 4.92. The Labute approximate surface area is 130 Å². The van der Waals surface area contributed by atoms with E-state index >= 15 is 0 Å². The molecule has 0 atom stereocenters. The summed E-state index contributed by atoms with van der Waals surface area (Å²) in [6.45, 7) is 0.233. The van der Waals surface area contributed by atoms with E-state index in [4.69, 9.17) is 4.52 Å². The van der Waals surface area contributed by atoms with Gasteiger partial charge in [-0.05, 0) is 18.9 Å². The summed E-state index contributed by atoms with van der Waals surface area (Å²) in [7, 11) is 0. The topological polar surface area (TPSA) is 89.6 Å². The first kappa shape index (κ1) is 12.6. The number of hydrogen-bond donors (Lipinski definition) is 1. The molecule has 5 rings (SSSR count). The fourth-order valence-corrected chi connectivity index (χ4v) is 2.84. The summed E-state index contributed by atoms with van der Waals surface area (Å²) in [5.41, 5.74) is 1.94. The molecule has 1 aliphatic rings. The Kier molecular flexibility index (Phi) is 2.47. The van der Waals surface area contributed by atoms with E-state index < -0.39 is 0 Å². The lowest BCUT2D eigenvalue weighted by molar-refractivity contribution is 0.364. The first-order chi connectivity index (χ1) is 11.3. The number of aromatic nitrogens is 5. The number of nitrogens with zero attached hydrogens (tertiary/aromatic N) is 4. The van der Waals surface area contributed by atoms with E-state index in [-0.39, 0.29) is 12.1 Å². The van der Waals surface area contributed by atoms with Crippen LogP contribution >= 0.6 is 0 Å². The molecule has 1 fully saturated rings. The van der Waals surface area contributed by atoms with Gasteiger partial charge in [0.2, 0.25) is 5.89 Å². The summed E-state index contributed by atoms with van der Waals surface area (Å²) in [6.07, 6.45) is 3.76. The van der Waals surface area contributed by atoms with Crippen molar-refractivity contribution in [3.05, 3.63) is 52.7 Å². The minimum atomic E-state index is -0.141. The number of para-hydroxylation sites is 1. The quantitative estimate of drug-likeness (QED) is 0.626. The van der Waals surface area contributed by atoms with Gasteiger partial charge < -0.3 is 9.51 Å². The zero-order valence-corrected chi connectivity index (χ0v) is 12.2. The summed E-state index contributed by atoms with van der Waals surface area (Å²) in [4.78, 5) is 24.6. The molecule has 1 N–H and O–H groups in total. The second-order valence-electron chi connectivity index (χ2n) is 5.89. The van der Waals surface area contributed by atoms with E-state index in [1.807, 2.05) is 24.3 Å². The molecule has 3 heterocycles. The average Bonchev–Trinajstić information content (AvgIpc) is 3.19. The molecule has 114 valence electrons. The molecule has 1 aromatic carbocycles. The highest BCUT2D eigenvalue weighted by Crippen LogP contribution is 2.38. The standard InChI is InChI=1S/C16H13N5O2/c22-16-14-13(10-3-1-2-4-11(10)18-14)17-8-21(16)7-12-19-15(20-23-12)9-5-6-9/h1-4,8-9,18H,5-7H2. The Balaban J connectivity index is 1.59. The van der Waals surface area contributed by atoms with Crippen LogP contribution < -0.4 is 5.56 Å². The third-order valence-electron chi connectivity index (χ3n) is 4.21. The van der Waals surface area contributed by atoms with Gasteiger partial charge in [-0.15, -0.1) is 0 Å². The zero-order valence-electron chi connectivity index (χ0n) is 12.2. The Morgan fingerprint density at radius 3 is 3.04 bits per heavy atom. The second-order valence-corrected chi connectivity index (χ2v) is 5.89. The largest absolute Gasteiger partial charge is 0.349 e. The van der Waals surface area contributed by atoms with Crippen LogP contribution in [0, 0.1) is 0 Å². The van der Waals surface area contributed by atoms with Crippen molar-refractivity contribution in [2.45, 2.75) is 25.3 Å². The predicted molar refractivity (Wildman–Crippen MR) is 83.2 cm³/mol. The van der Waals surface area contributed by atoms with Gasteiger partial charge >= 0.3 is 0 Å². The molecular weight excluding hydrogens is 294 g/mol. The Morgan fingerprint density at radius 1 is 1.30 bits per heavy atom. The summed E-state index contributed by atoms with van der Waals surface area (Å²) in [5.74, 6) is 1.61. The van der Waals surface area contributed by atoms with Gasteiger partial charge in [0.15, 0.2) is 5.82 Å². The SMILES string of the molecule is O=c1c2[nH]c3ccccc3c2ncn1Cc1nc(C2CC2)no1. The van der Waals surface area contributed by atoms with Crippen LogP contribution in [0.1, 0.15) is 30.5 Å². The maximum absolute atomic E-state index is 12.7. The van der Waals surface area contributed by atoms with E-state index in [9.17, 15) is 4.79 Å². The van der Waals surface area contributed by atoms with Gasteiger partial charge in [0.25, 0.3) is 5.56 Å². The van der Waals surface area contributed by atoms with E-state index in [1.54, 1.807) is 0 Å². The predicted octanol–water partition coefficient (Wildman–Crippen LogP) is 2.19. The first-order valence-corrected chi connectivity index (χ1v) is 7.58. The summed E-state index contributed by atoms with van der Waals surface area (Å²) in [6, 6.07) is 7.74. The van der Waals surface area contributed by atoms with Crippen molar-refractivity contribution in [2.24, 2.45) is 0 Å². The first-order valence-electron chi connectivity index (χ1n) is 7.58. The van der Waals surface area contributed by atoms with Gasteiger partial charge in [-0.3, -0.25) is 9.36 Å². The number of benzene rings is 1. The van der Waals surface area contributed by atoms with Crippen molar-refractivity contribution in [3.8, 4) is 0 Å². The molecule has 0 amide bonds. The molecule has 0 aliphatic heterocycles. The van der Waals surface area contributed by atoms with Crippen LogP contribution in [0.15, 0.2) is 39.9 Å². The van der Waals surface area contributed by atoms with Crippen LogP contribution in [0.4, 0.5) is 0 Å². The fraction of sp³-hybridized carbons (Fsp3) is 0.250. The lowest BCUT2D eigenvalue weighted by atomic mass is 10.2. The van der Waals surface area contributed by atoms with Gasteiger partial charge in [0.1, 0.15) is 17.6 Å². The minimum Gasteiger partial charge on any atom is -0.349 e. The third-order valence-corrected chi connectivity index (χ3v) is 4.21. The van der Waals surface area contributed by atoms with Crippen LogP contribution in [0.25, 0.3) is 21.9 Å². The molecule has 4 aromatic rings. The molecule has 0 saturated heterocycles. The van der Waals surface area contributed by atoms with Gasteiger partial charge in [-0.25, -0.2) is 4.98 Å². The van der Waals surface area contributed by atoms with Crippen LogP contribution in [-0.4, -0.2) is 24.7 Å². The molecule has 1 saturated carbocycles. The molecule has 0 bridgehead atoms. The lowest BCUT2D eigenvalue weighted by Crippen LogP contribution is -2.21. The molecule has 3 aromatic heterocycles. The minimum absolute atomic E-state index is 0.141. The number of aromatic amines is 1. The van der Waals surface area contributed by atoms with Crippen molar-refractivity contribution in [1.82, 2.24) is 24.7 Å². The summed E-state index contributed by atoms with van der Waals surface area (Å²) < 4.78 is 6.73. The van der Waals surface area contributed by atoms with Crippen molar-refractivity contribution in [2.75, 3.05) is 0 Å². The fourth-order valence-electron chi connectivity index (χ4n) is 2.84. The number of nitrogens with one attached hydrogen (secondary N) is 1. The number of fused-ring (bicyclic) bond motifs is 3. The van der Waals surface area contributed by atoms with Crippen LogP contribution in [-0.2, 0) is 6.54 Å². The van der Waals surface area contributed by atoms with E-state index in [0.29, 0.717) is 22.8 Å². The van der Waals surface area contributed by atoms with E-state index in [2.05, 4.69) is 20.1 Å². The maximum Gasteiger partial charge on any atom is 0.278 e. The van der Waals surface area contributed by atoms with Gasteiger partial charge in [0, 0.05) is 16.8 Å². The van der Waals surface area contributed by atoms with Gasteiger partial charge in [-0.1, -0.05) is 23.4 Å². The number of rotatable bonds is 3. The number of H-pyrrole nitrogens is 1. The molecule has 0 radical (unpaired) electrons. The van der Waals surface area contributed by atoms with Gasteiger partial charge in [-0.2, -0.15) is 4.98 Å². The molecule has 1 aliphatic carbocycles. The highest BCUT2D eigenvalue weighted by atomic mass is 16.5. The van der Waals surface area contributed by atoms with Crippen LogP contribution in [0.2, 0.25) is 0 Å². The molecule has 7 heteroatoms. The third kappa shape index (κ3) is 1.97. The van der Waals surface area contributed by atoms with Gasteiger partial charge in [0.05, 0.1) is 6.33 Å². The van der Waals surface area contributed by atoms with Crippen LogP contribution in [0.3, 0.4) is 0 Å². The van der Waals surface area contributed by atoms with E-state index in [1.165, 1.54) is 10.9 Å². The maximum atomic E-state index is 12.7. The lowest BCUT2D eigenvalue weighted by Gasteiger charge is -2.00. The normalized spacial score (nSPS) is 14.8. The Hall–Kier alpha value is -2.96. The van der Waals surface area contributed by atoms with Crippen molar-refractivity contribution < 1.29 is 4.52 Å².